The second-order valence-electron chi connectivity index (χ2n) is 4.66. The Kier molecular flexibility index (Phi) is 4.70. The molecule has 0 aliphatic carbocycles. The number of carbonyl (C=O) groups excluding carboxylic acids is 1. The number of hydrogen-bond acceptors (Lipinski definition) is 3. The summed E-state index contributed by atoms with van der Waals surface area (Å²) in [6, 6.07) is 7.96. The van der Waals surface area contributed by atoms with Crippen molar-refractivity contribution in [3.05, 3.63) is 28.7 Å². The molecule has 1 amide bonds. The number of ether oxygens (including phenoxy) is 1. The van der Waals surface area contributed by atoms with Crippen LogP contribution in [0.3, 0.4) is 0 Å². The molecule has 2 rings (SSSR count). The van der Waals surface area contributed by atoms with E-state index in [1.807, 2.05) is 31.2 Å². The van der Waals surface area contributed by atoms with Crippen LogP contribution in [0, 0.1) is 0 Å². The van der Waals surface area contributed by atoms with Gasteiger partial charge in [0.25, 0.3) is 0 Å². The van der Waals surface area contributed by atoms with E-state index in [4.69, 9.17) is 4.74 Å². The van der Waals surface area contributed by atoms with Gasteiger partial charge in [0.15, 0.2) is 0 Å². The van der Waals surface area contributed by atoms with E-state index in [9.17, 15) is 4.79 Å². The van der Waals surface area contributed by atoms with Crippen molar-refractivity contribution in [1.82, 2.24) is 5.32 Å². The molecule has 0 unspecified atom stereocenters. The molecule has 1 N–H and O–H groups in total. The Labute approximate surface area is 120 Å². The number of rotatable bonds is 4. The summed E-state index contributed by atoms with van der Waals surface area (Å²) in [5.74, 6) is 0.499. The van der Waals surface area contributed by atoms with Gasteiger partial charge in [0.05, 0.1) is 17.9 Å². The lowest BCUT2D eigenvalue weighted by Crippen LogP contribution is -2.47. The van der Waals surface area contributed by atoms with Crippen molar-refractivity contribution in [1.29, 1.82) is 0 Å². The zero-order valence-electron chi connectivity index (χ0n) is 10.2. The molecule has 0 aromatic heterocycles. The van der Waals surface area contributed by atoms with E-state index in [0.717, 1.165) is 22.4 Å². The highest BCUT2D eigenvalue weighted by atomic mass is 79.9. The number of nitrogens with one attached hydrogen (secondary N) is 1. The number of amides is 1. The molecule has 3 nitrogen and oxygen atoms in total. The summed E-state index contributed by atoms with van der Waals surface area (Å²) in [5, 5.41) is 3.04. The molecule has 1 fully saturated rings. The van der Waals surface area contributed by atoms with Crippen LogP contribution in [0.4, 0.5) is 0 Å². The number of carbonyl (C=O) groups is 1. The third kappa shape index (κ3) is 4.00. The van der Waals surface area contributed by atoms with Crippen LogP contribution in [0.1, 0.15) is 13.3 Å². The molecule has 18 heavy (non-hydrogen) atoms. The van der Waals surface area contributed by atoms with Crippen molar-refractivity contribution in [2.75, 3.05) is 19.0 Å². The second kappa shape index (κ2) is 6.08. The molecule has 1 atom stereocenters. The van der Waals surface area contributed by atoms with E-state index in [1.165, 1.54) is 0 Å². The van der Waals surface area contributed by atoms with Gasteiger partial charge in [-0.15, -0.1) is 11.8 Å². The maximum Gasteiger partial charge on any atom is 0.230 e. The lowest BCUT2D eigenvalue weighted by Gasteiger charge is -2.23. The van der Waals surface area contributed by atoms with Crippen molar-refractivity contribution in [2.45, 2.75) is 23.8 Å². The summed E-state index contributed by atoms with van der Waals surface area (Å²) in [7, 11) is 0. The third-order valence-corrected chi connectivity index (χ3v) is 4.31. The van der Waals surface area contributed by atoms with Gasteiger partial charge in [-0.3, -0.25) is 4.79 Å². The molecule has 1 heterocycles. The molecule has 1 saturated heterocycles. The minimum absolute atomic E-state index is 0.0629. The third-order valence-electron chi connectivity index (χ3n) is 2.83. The fraction of sp³-hybridized carbons (Fsp3) is 0.462. The van der Waals surface area contributed by atoms with Crippen LogP contribution < -0.4 is 5.32 Å². The van der Waals surface area contributed by atoms with Crippen LogP contribution in [-0.4, -0.2) is 30.4 Å². The zero-order chi connectivity index (χ0) is 13.0. The summed E-state index contributed by atoms with van der Waals surface area (Å²) in [6.07, 6.45) is 0.889. The van der Waals surface area contributed by atoms with Gasteiger partial charge < -0.3 is 10.1 Å². The number of benzene rings is 1. The summed E-state index contributed by atoms with van der Waals surface area (Å²) in [5.41, 5.74) is -0.186. The van der Waals surface area contributed by atoms with Crippen molar-refractivity contribution in [2.24, 2.45) is 0 Å². The van der Waals surface area contributed by atoms with Gasteiger partial charge in [0.1, 0.15) is 0 Å². The fourth-order valence-electron chi connectivity index (χ4n) is 1.84. The topological polar surface area (TPSA) is 38.3 Å². The van der Waals surface area contributed by atoms with Crippen LogP contribution in [0.15, 0.2) is 33.6 Å². The van der Waals surface area contributed by atoms with Gasteiger partial charge in [0.2, 0.25) is 5.91 Å². The average molecular weight is 330 g/mol. The van der Waals surface area contributed by atoms with Crippen molar-refractivity contribution in [3.63, 3.8) is 0 Å². The Hall–Kier alpha value is -0.520. The first kappa shape index (κ1) is 13.9. The van der Waals surface area contributed by atoms with Gasteiger partial charge in [-0.1, -0.05) is 22.0 Å². The predicted molar refractivity (Wildman–Crippen MR) is 76.8 cm³/mol. The fourth-order valence-corrected chi connectivity index (χ4v) is 3.15. The molecule has 1 aromatic rings. The minimum atomic E-state index is -0.186. The van der Waals surface area contributed by atoms with Crippen LogP contribution in [0.2, 0.25) is 0 Å². The molecule has 1 aliphatic rings. The molecule has 0 radical (unpaired) electrons. The SMILES string of the molecule is C[C@@]1(NC(=O)CSc2cccc(Br)c2)CCOC1. The van der Waals surface area contributed by atoms with E-state index in [1.54, 1.807) is 11.8 Å². The van der Waals surface area contributed by atoms with Crippen molar-refractivity contribution in [3.8, 4) is 0 Å². The molecular formula is C13H16BrNO2S. The Bertz CT molecular complexity index is 433. The molecule has 0 saturated carbocycles. The van der Waals surface area contributed by atoms with Crippen LogP contribution in [0.25, 0.3) is 0 Å². The Balaban J connectivity index is 1.81. The van der Waals surface area contributed by atoms with E-state index in [-0.39, 0.29) is 11.4 Å². The quantitative estimate of drug-likeness (QED) is 0.863. The standard InChI is InChI=1S/C13H16BrNO2S/c1-13(5-6-17-9-13)15-12(16)8-18-11-4-2-3-10(14)7-11/h2-4,7H,5-6,8-9H2,1H3,(H,15,16)/t13-/m1/s1. The normalized spacial score (nSPS) is 23.0. The van der Waals surface area contributed by atoms with Crippen LogP contribution >= 0.6 is 27.7 Å². The van der Waals surface area contributed by atoms with Crippen molar-refractivity contribution < 1.29 is 9.53 Å². The first-order valence-corrected chi connectivity index (χ1v) is 7.62. The molecule has 5 heteroatoms. The molecule has 0 bridgehead atoms. The number of thioether (sulfide) groups is 1. The maximum atomic E-state index is 11.9. The first-order chi connectivity index (χ1) is 8.57. The van der Waals surface area contributed by atoms with Crippen molar-refractivity contribution >= 4 is 33.6 Å². The zero-order valence-corrected chi connectivity index (χ0v) is 12.6. The highest BCUT2D eigenvalue weighted by molar-refractivity contribution is 9.10. The average Bonchev–Trinajstić information content (AvgIpc) is 2.73. The van der Waals surface area contributed by atoms with Gasteiger partial charge >= 0.3 is 0 Å². The van der Waals surface area contributed by atoms with Gasteiger partial charge in [-0.25, -0.2) is 0 Å². The molecule has 0 spiro atoms. The Morgan fingerprint density at radius 3 is 3.11 bits per heavy atom. The summed E-state index contributed by atoms with van der Waals surface area (Å²) in [4.78, 5) is 13.0. The van der Waals surface area contributed by atoms with Gasteiger partial charge in [-0.05, 0) is 31.5 Å². The highest BCUT2D eigenvalue weighted by Crippen LogP contribution is 2.22. The first-order valence-electron chi connectivity index (χ1n) is 5.85. The van der Waals surface area contributed by atoms with E-state index in [2.05, 4.69) is 21.2 Å². The molecule has 98 valence electrons. The van der Waals surface area contributed by atoms with Gasteiger partial charge in [-0.2, -0.15) is 0 Å². The van der Waals surface area contributed by atoms with E-state index >= 15 is 0 Å². The predicted octanol–water partition coefficient (Wildman–Crippen LogP) is 2.84. The molecular weight excluding hydrogens is 314 g/mol. The summed E-state index contributed by atoms with van der Waals surface area (Å²) < 4.78 is 6.34. The lowest BCUT2D eigenvalue weighted by molar-refractivity contribution is -0.120. The van der Waals surface area contributed by atoms with E-state index < -0.39 is 0 Å². The highest BCUT2D eigenvalue weighted by Gasteiger charge is 2.30. The smallest absolute Gasteiger partial charge is 0.230 e. The summed E-state index contributed by atoms with van der Waals surface area (Å²) >= 11 is 4.96. The largest absolute Gasteiger partial charge is 0.379 e. The molecule has 1 aromatic carbocycles. The number of halogens is 1. The second-order valence-corrected chi connectivity index (χ2v) is 6.62. The minimum Gasteiger partial charge on any atom is -0.379 e. The van der Waals surface area contributed by atoms with Gasteiger partial charge in [0, 0.05) is 16.0 Å². The Morgan fingerprint density at radius 2 is 2.44 bits per heavy atom. The monoisotopic (exact) mass is 329 g/mol. The maximum absolute atomic E-state index is 11.9. The van der Waals surface area contributed by atoms with Crippen LogP contribution in [0.5, 0.6) is 0 Å². The summed E-state index contributed by atoms with van der Waals surface area (Å²) in [6.45, 7) is 3.37. The van der Waals surface area contributed by atoms with Crippen LogP contribution in [-0.2, 0) is 9.53 Å². The lowest BCUT2D eigenvalue weighted by atomic mass is 10.0. The Morgan fingerprint density at radius 1 is 1.61 bits per heavy atom. The van der Waals surface area contributed by atoms with E-state index in [0.29, 0.717) is 12.4 Å². The molecule has 1 aliphatic heterocycles. The number of hydrogen-bond donors (Lipinski definition) is 1.